The highest BCUT2D eigenvalue weighted by Crippen LogP contribution is 2.25. The maximum absolute atomic E-state index is 11.2. The van der Waals surface area contributed by atoms with E-state index in [9.17, 15) is 19.2 Å². The molecule has 0 radical (unpaired) electrons. The zero-order valence-corrected chi connectivity index (χ0v) is 13.2. The van der Waals surface area contributed by atoms with E-state index in [2.05, 4.69) is 0 Å². The van der Waals surface area contributed by atoms with Crippen molar-refractivity contribution in [2.75, 3.05) is 6.61 Å². The van der Waals surface area contributed by atoms with Gasteiger partial charge in [0.2, 0.25) is 6.10 Å². The molecule has 0 saturated heterocycles. The molecule has 0 aromatic carbocycles. The van der Waals surface area contributed by atoms with Crippen LogP contribution < -0.4 is 0 Å². The van der Waals surface area contributed by atoms with Gasteiger partial charge in [-0.2, -0.15) is 0 Å². The molecule has 1 aliphatic rings. The average Bonchev–Trinajstić information content (AvgIpc) is 2.38. The van der Waals surface area contributed by atoms with Crippen LogP contribution in [0.5, 0.6) is 0 Å². The van der Waals surface area contributed by atoms with E-state index < -0.39 is 42.4 Å². The lowest BCUT2D eigenvalue weighted by atomic mass is 10.1. The van der Waals surface area contributed by atoms with E-state index in [-0.39, 0.29) is 12.4 Å². The third-order valence-corrected chi connectivity index (χ3v) is 2.51. The fourth-order valence-electron chi connectivity index (χ4n) is 1.81. The predicted molar refractivity (Wildman–Crippen MR) is 72.5 cm³/mol. The van der Waals surface area contributed by atoms with Crippen LogP contribution in [0.15, 0.2) is 11.8 Å². The molecule has 1 heterocycles. The lowest BCUT2D eigenvalue weighted by molar-refractivity contribution is -0.224. The molecule has 1 rings (SSSR count). The van der Waals surface area contributed by atoms with E-state index in [0.29, 0.717) is 0 Å². The Morgan fingerprint density at radius 2 is 1.48 bits per heavy atom. The molecule has 1 aliphatic heterocycles. The largest absolute Gasteiger partial charge is 0.458 e. The summed E-state index contributed by atoms with van der Waals surface area (Å²) in [5.74, 6) is -2.46. The van der Waals surface area contributed by atoms with E-state index in [1.165, 1.54) is 19.9 Å². The quantitative estimate of drug-likeness (QED) is 0.515. The summed E-state index contributed by atoms with van der Waals surface area (Å²) >= 11 is 0. The van der Waals surface area contributed by atoms with Gasteiger partial charge >= 0.3 is 23.9 Å². The number of carbonyl (C=O) groups excluding carboxylic acids is 4. The van der Waals surface area contributed by atoms with Crippen molar-refractivity contribution in [3.05, 3.63) is 11.8 Å². The number of hydrogen-bond acceptors (Lipinski definition) is 9. The maximum Gasteiger partial charge on any atom is 0.305 e. The Morgan fingerprint density at radius 3 is 1.96 bits per heavy atom. The predicted octanol–water partition coefficient (Wildman–Crippen LogP) is 0.216. The molecule has 0 N–H and O–H groups in total. The van der Waals surface area contributed by atoms with Crippen LogP contribution in [0.3, 0.4) is 0 Å². The van der Waals surface area contributed by atoms with Gasteiger partial charge in [0.1, 0.15) is 12.4 Å². The maximum atomic E-state index is 11.2. The van der Waals surface area contributed by atoms with Gasteiger partial charge in [-0.3, -0.25) is 19.2 Å². The zero-order valence-electron chi connectivity index (χ0n) is 13.2. The molecule has 0 bridgehead atoms. The minimum atomic E-state index is -1.34. The van der Waals surface area contributed by atoms with Crippen LogP contribution in [0, 0.1) is 0 Å². The molecule has 0 aromatic heterocycles. The Morgan fingerprint density at radius 1 is 0.913 bits per heavy atom. The van der Waals surface area contributed by atoms with Gasteiger partial charge in [0.15, 0.2) is 6.10 Å². The van der Waals surface area contributed by atoms with Gasteiger partial charge in [-0.15, -0.1) is 0 Å². The highest BCUT2D eigenvalue weighted by atomic mass is 16.7. The van der Waals surface area contributed by atoms with Crippen molar-refractivity contribution in [1.82, 2.24) is 0 Å². The fraction of sp³-hybridized carbons (Fsp3) is 0.571. The summed E-state index contributed by atoms with van der Waals surface area (Å²) in [6, 6.07) is 0. The monoisotopic (exact) mass is 330 g/mol. The minimum absolute atomic E-state index is 0.0982. The highest BCUT2D eigenvalue weighted by molar-refractivity contribution is 5.68. The summed E-state index contributed by atoms with van der Waals surface area (Å²) in [6.45, 7) is 4.41. The molecule has 0 amide bonds. The SMILES string of the molecule is CC(=O)OCC1=C[C@H](OC(C)=O)[C@@H](OC(C)=O)[C@H](OC(C)=O)O1. The van der Waals surface area contributed by atoms with Crippen molar-refractivity contribution in [3.63, 3.8) is 0 Å². The van der Waals surface area contributed by atoms with Crippen LogP contribution in [-0.4, -0.2) is 49.0 Å². The summed E-state index contributed by atoms with van der Waals surface area (Å²) in [6.07, 6.45) is -2.25. The van der Waals surface area contributed by atoms with Crippen LogP contribution in [0.1, 0.15) is 27.7 Å². The van der Waals surface area contributed by atoms with Crippen LogP contribution in [0.25, 0.3) is 0 Å². The van der Waals surface area contributed by atoms with Crippen LogP contribution in [0.2, 0.25) is 0 Å². The molecule has 9 nitrogen and oxygen atoms in total. The Labute approximate surface area is 132 Å². The van der Waals surface area contributed by atoms with Crippen molar-refractivity contribution < 1.29 is 42.9 Å². The first kappa shape index (κ1) is 18.5. The summed E-state index contributed by atoms with van der Waals surface area (Å²) in [7, 11) is 0. The molecule has 0 aromatic rings. The molecular weight excluding hydrogens is 312 g/mol. The Bertz CT molecular complexity index is 522. The van der Waals surface area contributed by atoms with E-state index in [0.717, 1.165) is 13.8 Å². The smallest absolute Gasteiger partial charge is 0.305 e. The van der Waals surface area contributed by atoms with E-state index >= 15 is 0 Å². The van der Waals surface area contributed by atoms with Gasteiger partial charge in [-0.25, -0.2) is 0 Å². The van der Waals surface area contributed by atoms with Crippen LogP contribution >= 0.6 is 0 Å². The molecule has 0 spiro atoms. The van der Waals surface area contributed by atoms with Gasteiger partial charge in [0, 0.05) is 33.8 Å². The third-order valence-electron chi connectivity index (χ3n) is 2.51. The van der Waals surface area contributed by atoms with Gasteiger partial charge < -0.3 is 23.7 Å². The second kappa shape index (κ2) is 8.16. The zero-order chi connectivity index (χ0) is 17.6. The first-order chi connectivity index (χ1) is 10.7. The summed E-state index contributed by atoms with van der Waals surface area (Å²) in [4.78, 5) is 44.5. The second-order valence-electron chi connectivity index (χ2n) is 4.66. The van der Waals surface area contributed by atoms with Crippen LogP contribution in [0.4, 0.5) is 0 Å². The molecule has 0 unspecified atom stereocenters. The first-order valence-electron chi connectivity index (χ1n) is 6.71. The third kappa shape index (κ3) is 6.37. The summed E-state index contributed by atoms with van der Waals surface area (Å²) < 4.78 is 25.1. The Kier molecular flexibility index (Phi) is 6.55. The van der Waals surface area contributed by atoms with E-state index in [1.54, 1.807) is 0 Å². The lowest BCUT2D eigenvalue weighted by Crippen LogP contribution is -2.48. The first-order valence-corrected chi connectivity index (χ1v) is 6.71. The van der Waals surface area contributed by atoms with Gasteiger partial charge in [-0.05, 0) is 0 Å². The number of carbonyl (C=O) groups is 4. The molecule has 3 atom stereocenters. The molecule has 0 fully saturated rings. The normalized spacial score (nSPS) is 23.0. The average molecular weight is 330 g/mol. The van der Waals surface area contributed by atoms with Crippen molar-refractivity contribution in [3.8, 4) is 0 Å². The van der Waals surface area contributed by atoms with Crippen molar-refractivity contribution in [1.29, 1.82) is 0 Å². The van der Waals surface area contributed by atoms with Gasteiger partial charge in [0.05, 0.1) is 0 Å². The van der Waals surface area contributed by atoms with Crippen LogP contribution in [-0.2, 0) is 42.9 Å². The van der Waals surface area contributed by atoms with Crippen molar-refractivity contribution in [2.45, 2.75) is 46.2 Å². The number of ether oxygens (including phenoxy) is 5. The van der Waals surface area contributed by atoms with Crippen molar-refractivity contribution >= 4 is 23.9 Å². The van der Waals surface area contributed by atoms with E-state index in [4.69, 9.17) is 23.7 Å². The topological polar surface area (TPSA) is 114 Å². The minimum Gasteiger partial charge on any atom is -0.458 e. The summed E-state index contributed by atoms with van der Waals surface area (Å²) in [5, 5.41) is 0. The van der Waals surface area contributed by atoms with Crippen molar-refractivity contribution in [2.24, 2.45) is 0 Å². The number of rotatable bonds is 5. The molecular formula is C14H18O9. The lowest BCUT2D eigenvalue weighted by Gasteiger charge is -2.34. The standard InChI is InChI=1S/C14H18O9/c1-7(15)19-6-11-5-12(20-8(2)16)13(21-9(3)17)14(23-11)22-10(4)18/h5,12-14H,6H2,1-4H3/t12-,13+,14+/m0/s1. The van der Waals surface area contributed by atoms with E-state index in [1.807, 2.05) is 0 Å². The summed E-state index contributed by atoms with van der Waals surface area (Å²) in [5.41, 5.74) is 0. The second-order valence-corrected chi connectivity index (χ2v) is 4.66. The highest BCUT2D eigenvalue weighted by Gasteiger charge is 2.42. The van der Waals surface area contributed by atoms with Gasteiger partial charge in [-0.1, -0.05) is 0 Å². The Balaban J connectivity index is 3.04. The Hall–Kier alpha value is -2.58. The molecule has 0 saturated carbocycles. The van der Waals surface area contributed by atoms with Gasteiger partial charge in [0.25, 0.3) is 6.29 Å². The number of hydrogen-bond donors (Lipinski definition) is 0. The molecule has 23 heavy (non-hydrogen) atoms. The molecule has 9 heteroatoms. The molecule has 128 valence electrons. The number of esters is 4. The molecule has 0 aliphatic carbocycles. The fourth-order valence-corrected chi connectivity index (χ4v) is 1.81.